The van der Waals surface area contributed by atoms with E-state index in [1.54, 1.807) is 10.7 Å². The summed E-state index contributed by atoms with van der Waals surface area (Å²) >= 11 is 0. The zero-order chi connectivity index (χ0) is 14.4. The van der Waals surface area contributed by atoms with Crippen LogP contribution in [0, 0.1) is 17.7 Å². The Labute approximate surface area is 116 Å². The quantitative estimate of drug-likeness (QED) is 0.854. The van der Waals surface area contributed by atoms with Crippen molar-refractivity contribution in [3.63, 3.8) is 0 Å². The lowest BCUT2D eigenvalue weighted by Gasteiger charge is -2.08. The number of hydrogen-bond donors (Lipinski definition) is 1. The van der Waals surface area contributed by atoms with Crippen molar-refractivity contribution in [3.8, 4) is 17.6 Å². The first kappa shape index (κ1) is 14.0. The number of rotatable bonds is 4. The topological polar surface area (TPSA) is 66.0 Å². The highest BCUT2D eigenvalue weighted by Crippen LogP contribution is 2.20. The Kier molecular flexibility index (Phi) is 4.69. The number of nitrogens with zero attached hydrogens (tertiary/aromatic N) is 3. The van der Waals surface area contributed by atoms with Crippen LogP contribution in [0.15, 0.2) is 24.5 Å². The Bertz CT molecular complexity index is 642. The normalized spacial score (nSPS) is 9.95. The second kappa shape index (κ2) is 6.68. The van der Waals surface area contributed by atoms with Crippen LogP contribution in [0.5, 0.6) is 5.75 Å². The van der Waals surface area contributed by atoms with E-state index in [4.69, 9.17) is 10.5 Å². The first-order chi connectivity index (χ1) is 9.74. The molecule has 0 saturated heterocycles. The molecule has 0 aliphatic rings. The van der Waals surface area contributed by atoms with Gasteiger partial charge in [0.15, 0.2) is 5.82 Å². The highest BCUT2D eigenvalue weighted by atomic mass is 19.1. The van der Waals surface area contributed by atoms with E-state index in [1.165, 1.54) is 18.5 Å². The zero-order valence-corrected chi connectivity index (χ0v) is 11.1. The van der Waals surface area contributed by atoms with E-state index in [0.717, 1.165) is 0 Å². The average molecular weight is 274 g/mol. The minimum atomic E-state index is -0.379. The van der Waals surface area contributed by atoms with Crippen molar-refractivity contribution >= 4 is 0 Å². The van der Waals surface area contributed by atoms with E-state index in [2.05, 4.69) is 21.9 Å². The third kappa shape index (κ3) is 3.33. The summed E-state index contributed by atoms with van der Waals surface area (Å²) in [7, 11) is 0. The summed E-state index contributed by atoms with van der Waals surface area (Å²) in [6.45, 7) is 3.09. The number of aryl methyl sites for hydroxylation is 1. The Hall–Kier alpha value is -2.39. The predicted octanol–water partition coefficient (Wildman–Crippen LogP) is 1.33. The van der Waals surface area contributed by atoms with Crippen LogP contribution in [0.4, 0.5) is 4.39 Å². The molecule has 0 unspecified atom stereocenters. The van der Waals surface area contributed by atoms with E-state index < -0.39 is 0 Å². The second-order valence-corrected chi connectivity index (χ2v) is 3.93. The van der Waals surface area contributed by atoms with Gasteiger partial charge in [0.25, 0.3) is 0 Å². The summed E-state index contributed by atoms with van der Waals surface area (Å²) in [5.74, 6) is 6.24. The fourth-order valence-corrected chi connectivity index (χ4v) is 1.67. The van der Waals surface area contributed by atoms with Gasteiger partial charge in [-0.25, -0.2) is 14.1 Å². The molecule has 0 fully saturated rings. The van der Waals surface area contributed by atoms with Gasteiger partial charge in [-0.2, -0.15) is 5.10 Å². The van der Waals surface area contributed by atoms with Crippen LogP contribution in [-0.2, 0) is 13.2 Å². The number of halogens is 1. The summed E-state index contributed by atoms with van der Waals surface area (Å²) in [6, 6.07) is 4.20. The van der Waals surface area contributed by atoms with Gasteiger partial charge in [0.2, 0.25) is 0 Å². The Morgan fingerprint density at radius 2 is 2.30 bits per heavy atom. The molecule has 1 heterocycles. The summed E-state index contributed by atoms with van der Waals surface area (Å²) in [5.41, 5.74) is 5.93. The number of nitrogens with two attached hydrogens (primary N) is 1. The van der Waals surface area contributed by atoms with Crippen molar-refractivity contribution in [2.24, 2.45) is 5.73 Å². The van der Waals surface area contributed by atoms with E-state index in [9.17, 15) is 4.39 Å². The minimum Gasteiger partial charge on any atom is -0.484 e. The third-order valence-corrected chi connectivity index (χ3v) is 2.62. The molecule has 0 saturated carbocycles. The lowest BCUT2D eigenvalue weighted by Crippen LogP contribution is -2.08. The standard InChI is InChI=1S/C14H15FN4O/c1-2-19-14(17-10-18-19)9-20-13-8-12(15)6-5-11(13)4-3-7-16/h5-6,8,10H,2,7,9,16H2,1H3. The van der Waals surface area contributed by atoms with E-state index in [-0.39, 0.29) is 19.0 Å². The molecule has 6 heteroatoms. The van der Waals surface area contributed by atoms with E-state index in [0.29, 0.717) is 23.7 Å². The summed E-state index contributed by atoms with van der Waals surface area (Å²) in [6.07, 6.45) is 1.46. The SMILES string of the molecule is CCn1ncnc1COc1cc(F)ccc1C#CCN. The van der Waals surface area contributed by atoms with Crippen molar-refractivity contribution in [2.75, 3.05) is 6.54 Å². The molecule has 0 bridgehead atoms. The molecular formula is C14H15FN4O. The molecule has 0 radical (unpaired) electrons. The second-order valence-electron chi connectivity index (χ2n) is 3.93. The van der Waals surface area contributed by atoms with Gasteiger partial charge in [-0.05, 0) is 19.1 Å². The fraction of sp³-hybridized carbons (Fsp3) is 0.286. The molecule has 0 spiro atoms. The highest BCUT2D eigenvalue weighted by Gasteiger charge is 2.07. The van der Waals surface area contributed by atoms with Crippen LogP contribution in [0.2, 0.25) is 0 Å². The van der Waals surface area contributed by atoms with Gasteiger partial charge in [-0.15, -0.1) is 0 Å². The summed E-state index contributed by atoms with van der Waals surface area (Å²) in [4.78, 5) is 4.09. The average Bonchev–Trinajstić information content (AvgIpc) is 2.91. The predicted molar refractivity (Wildman–Crippen MR) is 72.4 cm³/mol. The van der Waals surface area contributed by atoms with Crippen molar-refractivity contribution in [2.45, 2.75) is 20.1 Å². The maximum absolute atomic E-state index is 13.3. The van der Waals surface area contributed by atoms with Gasteiger partial charge in [0.05, 0.1) is 12.1 Å². The van der Waals surface area contributed by atoms with Gasteiger partial charge in [0, 0.05) is 12.6 Å². The first-order valence-electron chi connectivity index (χ1n) is 6.22. The smallest absolute Gasteiger partial charge is 0.164 e. The Morgan fingerprint density at radius 3 is 3.05 bits per heavy atom. The van der Waals surface area contributed by atoms with Gasteiger partial charge in [-0.1, -0.05) is 11.8 Å². The lowest BCUT2D eigenvalue weighted by atomic mass is 10.2. The maximum atomic E-state index is 13.3. The van der Waals surface area contributed by atoms with Crippen molar-refractivity contribution in [1.82, 2.24) is 14.8 Å². The van der Waals surface area contributed by atoms with E-state index in [1.807, 2.05) is 6.92 Å². The molecule has 1 aromatic heterocycles. The van der Waals surface area contributed by atoms with Crippen LogP contribution >= 0.6 is 0 Å². The van der Waals surface area contributed by atoms with Crippen molar-refractivity contribution < 1.29 is 9.13 Å². The summed E-state index contributed by atoms with van der Waals surface area (Å²) in [5, 5.41) is 4.04. The van der Waals surface area contributed by atoms with Crippen LogP contribution in [0.25, 0.3) is 0 Å². The molecule has 2 rings (SSSR count). The molecule has 0 aliphatic heterocycles. The monoisotopic (exact) mass is 274 g/mol. The molecule has 0 atom stereocenters. The Morgan fingerprint density at radius 1 is 1.45 bits per heavy atom. The molecule has 2 N–H and O–H groups in total. The van der Waals surface area contributed by atoms with Gasteiger partial charge < -0.3 is 10.5 Å². The highest BCUT2D eigenvalue weighted by molar-refractivity contribution is 5.46. The van der Waals surface area contributed by atoms with Crippen LogP contribution in [-0.4, -0.2) is 21.3 Å². The number of ether oxygens (including phenoxy) is 1. The minimum absolute atomic E-state index is 0.203. The molecule has 2 aromatic rings. The van der Waals surface area contributed by atoms with Crippen LogP contribution in [0.1, 0.15) is 18.3 Å². The lowest BCUT2D eigenvalue weighted by molar-refractivity contribution is 0.285. The van der Waals surface area contributed by atoms with Gasteiger partial charge in [0.1, 0.15) is 24.5 Å². The van der Waals surface area contributed by atoms with Crippen LogP contribution < -0.4 is 10.5 Å². The number of aromatic nitrogens is 3. The van der Waals surface area contributed by atoms with Crippen molar-refractivity contribution in [1.29, 1.82) is 0 Å². The molecule has 0 amide bonds. The molecule has 0 aliphatic carbocycles. The number of benzene rings is 1. The zero-order valence-electron chi connectivity index (χ0n) is 11.1. The molecule has 1 aromatic carbocycles. The molecule has 5 nitrogen and oxygen atoms in total. The third-order valence-electron chi connectivity index (χ3n) is 2.62. The maximum Gasteiger partial charge on any atom is 0.164 e. The first-order valence-corrected chi connectivity index (χ1v) is 6.22. The largest absolute Gasteiger partial charge is 0.484 e. The molecule has 20 heavy (non-hydrogen) atoms. The molecular weight excluding hydrogens is 259 g/mol. The van der Waals surface area contributed by atoms with Gasteiger partial charge in [-0.3, -0.25) is 0 Å². The van der Waals surface area contributed by atoms with Crippen LogP contribution in [0.3, 0.4) is 0 Å². The molecule has 104 valence electrons. The van der Waals surface area contributed by atoms with E-state index >= 15 is 0 Å². The Balaban J connectivity index is 2.18. The number of hydrogen-bond acceptors (Lipinski definition) is 4. The van der Waals surface area contributed by atoms with Gasteiger partial charge >= 0.3 is 0 Å². The summed E-state index contributed by atoms with van der Waals surface area (Å²) < 4.78 is 20.6. The fourth-order valence-electron chi connectivity index (χ4n) is 1.67. The van der Waals surface area contributed by atoms with Crippen molar-refractivity contribution in [3.05, 3.63) is 41.7 Å².